The minimum Gasteiger partial charge on any atom is -0.373 e. The minimum absolute atomic E-state index is 0.0423. The van der Waals surface area contributed by atoms with Gasteiger partial charge >= 0.3 is 0 Å². The molecule has 2 aliphatic rings. The van der Waals surface area contributed by atoms with Gasteiger partial charge in [0.05, 0.1) is 12.2 Å². The van der Waals surface area contributed by atoms with Gasteiger partial charge in [0.25, 0.3) is 16.1 Å². The van der Waals surface area contributed by atoms with E-state index in [-0.39, 0.29) is 18.1 Å². The molecule has 0 saturated carbocycles. The molecular formula is C18H27N3O4S. The van der Waals surface area contributed by atoms with E-state index in [4.69, 9.17) is 4.74 Å². The number of carbonyl (C=O) groups excluding carboxylic acids is 1. The van der Waals surface area contributed by atoms with Gasteiger partial charge in [-0.2, -0.15) is 17.0 Å². The standard InChI is InChI=1S/C18H27N3O4S/c1-14-5-4-6-17(11-14)18(22)19-7-9-20(10-8-19)26(23,24)21-12-15(2)25-16(3)13-21/h4-6,11,15-16H,7-10,12-13H2,1-3H3. The van der Waals surface area contributed by atoms with Crippen molar-refractivity contribution in [2.45, 2.75) is 33.0 Å². The van der Waals surface area contributed by atoms with Crippen LogP contribution in [-0.2, 0) is 14.9 Å². The van der Waals surface area contributed by atoms with Gasteiger partial charge in [-0.25, -0.2) is 0 Å². The number of morpholine rings is 1. The minimum atomic E-state index is -3.52. The fourth-order valence-electron chi connectivity index (χ4n) is 3.56. The molecule has 1 aromatic carbocycles. The molecule has 2 aliphatic heterocycles. The monoisotopic (exact) mass is 381 g/mol. The van der Waals surface area contributed by atoms with Crippen LogP contribution in [0.5, 0.6) is 0 Å². The molecule has 0 radical (unpaired) electrons. The lowest BCUT2D eigenvalue weighted by Gasteiger charge is -2.40. The molecule has 2 saturated heterocycles. The number of nitrogens with zero attached hydrogens (tertiary/aromatic N) is 3. The van der Waals surface area contributed by atoms with Crippen molar-refractivity contribution >= 4 is 16.1 Å². The zero-order chi connectivity index (χ0) is 18.9. The Hall–Kier alpha value is -1.48. The highest BCUT2D eigenvalue weighted by Gasteiger charge is 2.37. The molecule has 0 aliphatic carbocycles. The van der Waals surface area contributed by atoms with Gasteiger partial charge in [0.15, 0.2) is 0 Å². The SMILES string of the molecule is Cc1cccc(C(=O)N2CCN(S(=O)(=O)N3CC(C)OC(C)C3)CC2)c1. The van der Waals surface area contributed by atoms with Crippen LogP contribution in [0.25, 0.3) is 0 Å². The van der Waals surface area contributed by atoms with Gasteiger partial charge in [0, 0.05) is 44.8 Å². The van der Waals surface area contributed by atoms with Crippen molar-refractivity contribution in [2.24, 2.45) is 0 Å². The Morgan fingerprint density at radius 3 is 2.23 bits per heavy atom. The molecule has 0 N–H and O–H groups in total. The molecule has 1 aromatic rings. The molecule has 7 nitrogen and oxygen atoms in total. The first-order valence-electron chi connectivity index (χ1n) is 9.04. The maximum Gasteiger partial charge on any atom is 0.282 e. The topological polar surface area (TPSA) is 70.2 Å². The summed E-state index contributed by atoms with van der Waals surface area (Å²) in [7, 11) is -3.52. The van der Waals surface area contributed by atoms with Crippen molar-refractivity contribution in [1.29, 1.82) is 0 Å². The molecule has 0 spiro atoms. The van der Waals surface area contributed by atoms with Crippen LogP contribution >= 0.6 is 0 Å². The smallest absolute Gasteiger partial charge is 0.282 e. The van der Waals surface area contributed by atoms with Crippen molar-refractivity contribution in [1.82, 2.24) is 13.5 Å². The van der Waals surface area contributed by atoms with E-state index in [0.29, 0.717) is 44.8 Å². The number of carbonyl (C=O) groups is 1. The summed E-state index contributed by atoms with van der Waals surface area (Å²) in [6, 6.07) is 7.48. The molecule has 2 heterocycles. The summed E-state index contributed by atoms with van der Waals surface area (Å²) < 4.78 is 34.4. The lowest BCUT2D eigenvalue weighted by Crippen LogP contribution is -2.57. The predicted molar refractivity (Wildman–Crippen MR) is 99.2 cm³/mol. The highest BCUT2D eigenvalue weighted by Crippen LogP contribution is 2.19. The largest absolute Gasteiger partial charge is 0.373 e. The molecule has 1 amide bonds. The Kier molecular flexibility index (Phi) is 5.67. The van der Waals surface area contributed by atoms with Gasteiger partial charge in [0.2, 0.25) is 0 Å². The van der Waals surface area contributed by atoms with E-state index in [1.807, 2.05) is 39.0 Å². The van der Waals surface area contributed by atoms with E-state index >= 15 is 0 Å². The number of hydrogen-bond acceptors (Lipinski definition) is 4. The lowest BCUT2D eigenvalue weighted by atomic mass is 10.1. The lowest BCUT2D eigenvalue weighted by molar-refractivity contribution is -0.0457. The zero-order valence-corrected chi connectivity index (χ0v) is 16.4. The van der Waals surface area contributed by atoms with Crippen LogP contribution in [0.3, 0.4) is 0 Å². The molecule has 26 heavy (non-hydrogen) atoms. The van der Waals surface area contributed by atoms with Crippen LogP contribution in [0.4, 0.5) is 0 Å². The molecule has 2 unspecified atom stereocenters. The molecule has 0 aromatic heterocycles. The molecular weight excluding hydrogens is 354 g/mol. The van der Waals surface area contributed by atoms with Crippen LogP contribution in [0.1, 0.15) is 29.8 Å². The van der Waals surface area contributed by atoms with Crippen LogP contribution in [0.15, 0.2) is 24.3 Å². The number of piperazine rings is 1. The average Bonchev–Trinajstić information content (AvgIpc) is 2.60. The summed E-state index contributed by atoms with van der Waals surface area (Å²) in [6.45, 7) is 7.91. The highest BCUT2D eigenvalue weighted by atomic mass is 32.2. The fourth-order valence-corrected chi connectivity index (χ4v) is 5.31. The summed E-state index contributed by atoms with van der Waals surface area (Å²) in [5.41, 5.74) is 1.68. The third-order valence-electron chi connectivity index (χ3n) is 4.83. The Bertz CT molecular complexity index is 749. The van der Waals surface area contributed by atoms with Gasteiger partial charge in [-0.1, -0.05) is 17.7 Å². The van der Waals surface area contributed by atoms with E-state index in [2.05, 4.69) is 0 Å². The Morgan fingerprint density at radius 2 is 1.65 bits per heavy atom. The summed E-state index contributed by atoms with van der Waals surface area (Å²) in [5, 5.41) is 0. The van der Waals surface area contributed by atoms with Gasteiger partial charge < -0.3 is 9.64 Å². The maximum absolute atomic E-state index is 12.9. The van der Waals surface area contributed by atoms with Crippen molar-refractivity contribution in [3.05, 3.63) is 35.4 Å². The summed E-state index contributed by atoms with van der Waals surface area (Å²) in [6.07, 6.45) is -0.226. The zero-order valence-electron chi connectivity index (χ0n) is 15.6. The number of hydrogen-bond donors (Lipinski definition) is 0. The van der Waals surface area contributed by atoms with E-state index in [0.717, 1.165) is 5.56 Å². The molecule has 2 fully saturated rings. The van der Waals surface area contributed by atoms with Crippen molar-refractivity contribution in [3.8, 4) is 0 Å². The second-order valence-corrected chi connectivity index (χ2v) is 9.07. The van der Waals surface area contributed by atoms with Crippen LogP contribution in [0, 0.1) is 6.92 Å². The fraction of sp³-hybridized carbons (Fsp3) is 0.611. The predicted octanol–water partition coefficient (Wildman–Crippen LogP) is 1.11. The van der Waals surface area contributed by atoms with Crippen LogP contribution < -0.4 is 0 Å². The van der Waals surface area contributed by atoms with Gasteiger partial charge in [-0.15, -0.1) is 0 Å². The first-order valence-corrected chi connectivity index (χ1v) is 10.4. The Morgan fingerprint density at radius 1 is 1.04 bits per heavy atom. The summed E-state index contributed by atoms with van der Waals surface area (Å²) >= 11 is 0. The third-order valence-corrected chi connectivity index (χ3v) is 6.80. The Balaban J connectivity index is 1.63. The first-order chi connectivity index (χ1) is 12.3. The van der Waals surface area contributed by atoms with Crippen molar-refractivity contribution < 1.29 is 17.9 Å². The quantitative estimate of drug-likeness (QED) is 0.786. The van der Waals surface area contributed by atoms with Gasteiger partial charge in [-0.3, -0.25) is 4.79 Å². The van der Waals surface area contributed by atoms with E-state index in [1.54, 1.807) is 11.0 Å². The van der Waals surface area contributed by atoms with E-state index in [9.17, 15) is 13.2 Å². The number of amides is 1. The molecule has 3 rings (SSSR count). The van der Waals surface area contributed by atoms with Crippen molar-refractivity contribution in [3.63, 3.8) is 0 Å². The number of aryl methyl sites for hydroxylation is 1. The van der Waals surface area contributed by atoms with E-state index < -0.39 is 10.2 Å². The normalized spacial score (nSPS) is 26.0. The van der Waals surface area contributed by atoms with E-state index in [1.165, 1.54) is 8.61 Å². The first kappa shape index (κ1) is 19.3. The average molecular weight is 381 g/mol. The number of benzene rings is 1. The maximum atomic E-state index is 12.9. The molecule has 2 atom stereocenters. The molecule has 8 heteroatoms. The van der Waals surface area contributed by atoms with Crippen LogP contribution in [-0.4, -0.2) is 79.3 Å². The summed E-state index contributed by atoms with van der Waals surface area (Å²) in [4.78, 5) is 14.4. The third kappa shape index (κ3) is 4.09. The second kappa shape index (κ2) is 7.64. The second-order valence-electron chi connectivity index (χ2n) is 7.14. The number of rotatable bonds is 3. The Labute approximate surface area is 155 Å². The highest BCUT2D eigenvalue weighted by molar-refractivity contribution is 7.86. The van der Waals surface area contributed by atoms with Gasteiger partial charge in [-0.05, 0) is 32.9 Å². The number of ether oxygens (including phenoxy) is 1. The van der Waals surface area contributed by atoms with Gasteiger partial charge in [0.1, 0.15) is 0 Å². The summed E-state index contributed by atoms with van der Waals surface area (Å²) in [5.74, 6) is -0.0423. The molecule has 0 bridgehead atoms. The van der Waals surface area contributed by atoms with Crippen molar-refractivity contribution in [2.75, 3.05) is 39.3 Å². The van der Waals surface area contributed by atoms with Crippen LogP contribution in [0.2, 0.25) is 0 Å². The molecule has 144 valence electrons.